The highest BCUT2D eigenvalue weighted by molar-refractivity contribution is 8.36. The first-order valence-corrected chi connectivity index (χ1v) is 8.11. The van der Waals surface area contributed by atoms with E-state index in [0.29, 0.717) is 0 Å². The van der Waals surface area contributed by atoms with Crippen LogP contribution in [0, 0.1) is 0 Å². The monoisotopic (exact) mass is 259 g/mol. The molecule has 0 saturated carbocycles. The van der Waals surface area contributed by atoms with Gasteiger partial charge in [0, 0.05) is 5.75 Å². The first kappa shape index (κ1) is 13.2. The number of allylic oxidation sites excluding steroid dienone is 3. The molecule has 2 heteroatoms. The lowest BCUT2D eigenvalue weighted by atomic mass is 10.1. The van der Waals surface area contributed by atoms with Crippen molar-refractivity contribution in [2.75, 3.05) is 19.8 Å². The second-order valence-corrected chi connectivity index (χ2v) is 7.79. The number of benzene rings is 1. The molecule has 0 aliphatic carbocycles. The van der Waals surface area contributed by atoms with Crippen LogP contribution in [0.2, 0.25) is 0 Å². The van der Waals surface area contributed by atoms with Crippen LogP contribution in [0.4, 0.5) is 0 Å². The molecule has 0 N–H and O–H groups in total. The highest BCUT2D eigenvalue weighted by Crippen LogP contribution is 2.58. The standard InChI is InChI=1S/C16H21NS/c1-4-5-12-18(17(2)3)13-11-16(14-18)15-9-7-6-8-10-15/h4-11,13-14H,12H2,1-3H3. The Hall–Kier alpha value is -1.25. The molecule has 1 heterocycles. The van der Waals surface area contributed by atoms with E-state index in [0.717, 1.165) is 5.75 Å². The summed E-state index contributed by atoms with van der Waals surface area (Å²) in [5.41, 5.74) is 2.66. The van der Waals surface area contributed by atoms with E-state index in [2.05, 4.69) is 84.7 Å². The van der Waals surface area contributed by atoms with Gasteiger partial charge in [-0.05, 0) is 49.0 Å². The minimum Gasteiger partial charge on any atom is -0.267 e. The van der Waals surface area contributed by atoms with Gasteiger partial charge in [-0.3, -0.25) is 4.31 Å². The maximum Gasteiger partial charge on any atom is 0.0144 e. The van der Waals surface area contributed by atoms with Gasteiger partial charge in [0.05, 0.1) is 0 Å². The molecule has 0 fully saturated rings. The van der Waals surface area contributed by atoms with Crippen molar-refractivity contribution in [1.82, 2.24) is 4.31 Å². The van der Waals surface area contributed by atoms with E-state index in [-0.39, 0.29) is 0 Å². The summed E-state index contributed by atoms with van der Waals surface area (Å²) in [5.74, 6) is 1.10. The molecule has 2 rings (SSSR count). The topological polar surface area (TPSA) is 3.24 Å². The van der Waals surface area contributed by atoms with Crippen molar-refractivity contribution >= 4 is 15.8 Å². The number of hydrogen-bond acceptors (Lipinski definition) is 1. The van der Waals surface area contributed by atoms with Crippen LogP contribution in [-0.4, -0.2) is 24.2 Å². The third kappa shape index (κ3) is 2.60. The molecule has 1 aromatic carbocycles. The summed E-state index contributed by atoms with van der Waals surface area (Å²) in [6.07, 6.45) is 6.68. The molecule has 0 bridgehead atoms. The predicted molar refractivity (Wildman–Crippen MR) is 84.5 cm³/mol. The fourth-order valence-electron chi connectivity index (χ4n) is 2.01. The minimum absolute atomic E-state index is 0.933. The molecular formula is C16H21NS. The lowest BCUT2D eigenvalue weighted by molar-refractivity contribution is 0.690. The fourth-order valence-corrected chi connectivity index (χ4v) is 4.59. The van der Waals surface area contributed by atoms with Gasteiger partial charge in [-0.25, -0.2) is 0 Å². The molecule has 18 heavy (non-hydrogen) atoms. The maximum atomic E-state index is 2.45. The highest BCUT2D eigenvalue weighted by atomic mass is 32.3. The SMILES string of the molecule is CC=CCS1(N(C)C)C=CC(c2ccccc2)=C1. The van der Waals surface area contributed by atoms with Crippen LogP contribution in [0.3, 0.4) is 0 Å². The normalized spacial score (nSPS) is 26.6. The van der Waals surface area contributed by atoms with E-state index in [9.17, 15) is 0 Å². The van der Waals surface area contributed by atoms with Gasteiger partial charge in [0.25, 0.3) is 0 Å². The summed E-state index contributed by atoms with van der Waals surface area (Å²) in [5, 5.41) is 4.83. The van der Waals surface area contributed by atoms with Crippen molar-refractivity contribution in [3.05, 3.63) is 64.9 Å². The maximum absolute atomic E-state index is 2.45. The zero-order chi connectivity index (χ0) is 13.0. The van der Waals surface area contributed by atoms with Crippen molar-refractivity contribution < 1.29 is 0 Å². The molecule has 0 amide bonds. The molecule has 1 nitrogen and oxygen atoms in total. The van der Waals surface area contributed by atoms with Crippen LogP contribution in [0.5, 0.6) is 0 Å². The van der Waals surface area contributed by atoms with E-state index in [1.807, 2.05) is 0 Å². The molecule has 0 radical (unpaired) electrons. The Kier molecular flexibility index (Phi) is 4.10. The van der Waals surface area contributed by atoms with Crippen molar-refractivity contribution in [3.63, 3.8) is 0 Å². The van der Waals surface area contributed by atoms with Crippen LogP contribution in [0.1, 0.15) is 12.5 Å². The summed E-state index contributed by atoms with van der Waals surface area (Å²) >= 11 is 0. The number of rotatable bonds is 4. The van der Waals surface area contributed by atoms with Crippen LogP contribution in [-0.2, 0) is 0 Å². The first-order valence-electron chi connectivity index (χ1n) is 6.23. The van der Waals surface area contributed by atoms with E-state index >= 15 is 0 Å². The van der Waals surface area contributed by atoms with Gasteiger partial charge in [-0.1, -0.05) is 42.5 Å². The van der Waals surface area contributed by atoms with Crippen molar-refractivity contribution in [1.29, 1.82) is 0 Å². The van der Waals surface area contributed by atoms with Gasteiger partial charge in [0.2, 0.25) is 0 Å². The number of hydrogen-bond donors (Lipinski definition) is 0. The van der Waals surface area contributed by atoms with Gasteiger partial charge in [-0.2, -0.15) is 0 Å². The Morgan fingerprint density at radius 3 is 2.50 bits per heavy atom. The molecule has 1 atom stereocenters. The van der Waals surface area contributed by atoms with E-state index in [1.165, 1.54) is 11.1 Å². The average Bonchev–Trinajstić information content (AvgIpc) is 2.83. The smallest absolute Gasteiger partial charge is 0.0144 e. The van der Waals surface area contributed by atoms with Crippen molar-refractivity contribution in [2.24, 2.45) is 0 Å². The molecule has 1 unspecified atom stereocenters. The van der Waals surface area contributed by atoms with Gasteiger partial charge in [0.15, 0.2) is 0 Å². The minimum atomic E-state index is -0.933. The third-order valence-corrected chi connectivity index (χ3v) is 6.56. The number of nitrogens with zero attached hydrogens (tertiary/aromatic N) is 1. The second kappa shape index (κ2) is 5.59. The summed E-state index contributed by atoms with van der Waals surface area (Å²) in [6, 6.07) is 10.6. The fraction of sp³-hybridized carbons (Fsp3) is 0.250. The van der Waals surface area contributed by atoms with E-state index < -0.39 is 10.2 Å². The summed E-state index contributed by atoms with van der Waals surface area (Å²) in [6.45, 7) is 2.09. The van der Waals surface area contributed by atoms with Gasteiger partial charge in [-0.15, -0.1) is 10.2 Å². The molecule has 1 aromatic rings. The Balaban J connectivity index is 2.32. The molecule has 1 aliphatic heterocycles. The van der Waals surface area contributed by atoms with Crippen LogP contribution < -0.4 is 0 Å². The molecule has 96 valence electrons. The van der Waals surface area contributed by atoms with Gasteiger partial charge >= 0.3 is 0 Å². The molecule has 0 saturated heterocycles. The van der Waals surface area contributed by atoms with Crippen LogP contribution in [0.15, 0.2) is 59.4 Å². The Labute approximate surface area is 112 Å². The first-order chi connectivity index (χ1) is 8.68. The molecule has 0 aromatic heterocycles. The zero-order valence-corrected chi connectivity index (χ0v) is 12.2. The summed E-state index contributed by atoms with van der Waals surface area (Å²) in [4.78, 5) is 0. The van der Waals surface area contributed by atoms with Gasteiger partial charge in [0.1, 0.15) is 0 Å². The Bertz CT molecular complexity index is 485. The largest absolute Gasteiger partial charge is 0.267 e. The van der Waals surface area contributed by atoms with E-state index in [4.69, 9.17) is 0 Å². The van der Waals surface area contributed by atoms with Gasteiger partial charge < -0.3 is 0 Å². The van der Waals surface area contributed by atoms with Crippen LogP contribution >= 0.6 is 10.2 Å². The quantitative estimate of drug-likeness (QED) is 0.724. The average molecular weight is 259 g/mol. The predicted octanol–water partition coefficient (Wildman–Crippen LogP) is 4.41. The lowest BCUT2D eigenvalue weighted by Gasteiger charge is -2.37. The Morgan fingerprint density at radius 2 is 1.89 bits per heavy atom. The summed E-state index contributed by atoms with van der Waals surface area (Å²) < 4.78 is 2.36. The molecule has 0 spiro atoms. The van der Waals surface area contributed by atoms with Crippen molar-refractivity contribution in [3.8, 4) is 0 Å². The summed E-state index contributed by atoms with van der Waals surface area (Å²) in [7, 11) is 3.42. The second-order valence-electron chi connectivity index (χ2n) is 4.60. The van der Waals surface area contributed by atoms with Crippen LogP contribution in [0.25, 0.3) is 5.57 Å². The lowest BCUT2D eigenvalue weighted by Crippen LogP contribution is -2.16. The highest BCUT2D eigenvalue weighted by Gasteiger charge is 2.24. The molecule has 1 aliphatic rings. The zero-order valence-electron chi connectivity index (χ0n) is 11.3. The third-order valence-electron chi connectivity index (χ3n) is 3.20. The van der Waals surface area contributed by atoms with Crippen molar-refractivity contribution in [2.45, 2.75) is 6.92 Å². The molecular weight excluding hydrogens is 238 g/mol. The Morgan fingerprint density at radius 1 is 1.17 bits per heavy atom. The van der Waals surface area contributed by atoms with E-state index in [1.54, 1.807) is 0 Å².